The zero-order valence-electron chi connectivity index (χ0n) is 12.3. The highest BCUT2D eigenvalue weighted by atomic mass is 19.4. The zero-order valence-corrected chi connectivity index (χ0v) is 12.3. The first-order valence-electron chi connectivity index (χ1n) is 6.27. The molecule has 0 aliphatic carbocycles. The van der Waals surface area contributed by atoms with Gasteiger partial charge in [-0.25, -0.2) is 4.79 Å². The molecule has 1 amide bonds. The third-order valence-corrected chi connectivity index (χ3v) is 2.60. The van der Waals surface area contributed by atoms with Gasteiger partial charge in [0.05, 0.1) is 19.2 Å². The van der Waals surface area contributed by atoms with Gasteiger partial charge in [-0.15, -0.1) is 0 Å². The number of amides is 1. The van der Waals surface area contributed by atoms with Gasteiger partial charge in [0.15, 0.2) is 0 Å². The van der Waals surface area contributed by atoms with E-state index in [0.29, 0.717) is 11.3 Å². The summed E-state index contributed by atoms with van der Waals surface area (Å²) in [5, 5.41) is 1.76. The highest BCUT2D eigenvalue weighted by molar-refractivity contribution is 5.89. The van der Waals surface area contributed by atoms with Crippen LogP contribution in [0.1, 0.15) is 24.2 Å². The van der Waals surface area contributed by atoms with Crippen molar-refractivity contribution in [2.24, 2.45) is 0 Å². The molecule has 5 nitrogen and oxygen atoms in total. The molecule has 0 aliphatic heterocycles. The number of methoxy groups -OCH3 is 1. The number of carbonyl (C=O) groups is 2. The molecule has 0 unspecified atom stereocenters. The second-order valence-corrected chi connectivity index (χ2v) is 5.06. The van der Waals surface area contributed by atoms with E-state index in [1.54, 1.807) is 5.32 Å². The van der Waals surface area contributed by atoms with Gasteiger partial charge in [0.1, 0.15) is 11.4 Å². The van der Waals surface area contributed by atoms with Crippen LogP contribution in [-0.2, 0) is 9.53 Å². The lowest BCUT2D eigenvalue weighted by atomic mass is 10.1. The third-order valence-electron chi connectivity index (χ3n) is 2.60. The van der Waals surface area contributed by atoms with Crippen molar-refractivity contribution in [3.63, 3.8) is 0 Å². The van der Waals surface area contributed by atoms with E-state index in [1.165, 1.54) is 45.2 Å². The van der Waals surface area contributed by atoms with Crippen LogP contribution in [0.4, 0.5) is 13.2 Å². The highest BCUT2D eigenvalue weighted by Gasteiger charge is 2.39. The van der Waals surface area contributed by atoms with Gasteiger partial charge in [-0.05, 0) is 38.1 Å². The maximum atomic E-state index is 12.1. The second kappa shape index (κ2) is 6.67. The summed E-state index contributed by atoms with van der Waals surface area (Å²) in [6, 6.07) is 5.90. The highest BCUT2D eigenvalue weighted by Crippen LogP contribution is 2.20. The van der Waals surface area contributed by atoms with E-state index in [9.17, 15) is 22.8 Å². The van der Waals surface area contributed by atoms with Crippen LogP contribution in [0.3, 0.4) is 0 Å². The monoisotopic (exact) mass is 319 g/mol. The minimum absolute atomic E-state index is 0.318. The minimum Gasteiger partial charge on any atom is -0.486 e. The van der Waals surface area contributed by atoms with Crippen LogP contribution < -0.4 is 10.1 Å². The molecule has 8 heteroatoms. The van der Waals surface area contributed by atoms with Gasteiger partial charge in [-0.1, -0.05) is 0 Å². The second-order valence-electron chi connectivity index (χ2n) is 5.06. The molecule has 0 radical (unpaired) electrons. The van der Waals surface area contributed by atoms with Gasteiger partial charge < -0.3 is 14.8 Å². The summed E-state index contributed by atoms with van der Waals surface area (Å²) in [6.07, 6.45) is -4.93. The Balaban J connectivity index is 2.64. The normalized spacial score (nSPS) is 11.7. The van der Waals surface area contributed by atoms with Crippen molar-refractivity contribution in [2.45, 2.75) is 25.6 Å². The van der Waals surface area contributed by atoms with Crippen LogP contribution in [-0.4, -0.2) is 37.3 Å². The molecule has 22 heavy (non-hydrogen) atoms. The van der Waals surface area contributed by atoms with Crippen LogP contribution >= 0.6 is 0 Å². The Morgan fingerprint density at radius 3 is 2.14 bits per heavy atom. The van der Waals surface area contributed by atoms with Crippen LogP contribution in [0.5, 0.6) is 5.75 Å². The Bertz CT molecular complexity index is 538. The van der Waals surface area contributed by atoms with Crippen LogP contribution in [0.2, 0.25) is 0 Å². The molecular formula is C14H16F3NO4. The molecule has 0 heterocycles. The van der Waals surface area contributed by atoms with E-state index < -0.39 is 23.7 Å². The van der Waals surface area contributed by atoms with Crippen molar-refractivity contribution in [3.05, 3.63) is 29.8 Å². The average molecular weight is 319 g/mol. The number of alkyl halides is 3. The number of carbonyl (C=O) groups excluding carboxylic acids is 2. The Labute approximate surface area is 125 Å². The summed E-state index contributed by atoms with van der Waals surface area (Å²) < 4.78 is 46.4. The lowest BCUT2D eigenvalue weighted by molar-refractivity contribution is -0.174. The maximum absolute atomic E-state index is 12.1. The van der Waals surface area contributed by atoms with Crippen molar-refractivity contribution in [1.29, 1.82) is 0 Å². The predicted molar refractivity (Wildman–Crippen MR) is 71.6 cm³/mol. The molecule has 1 rings (SSSR count). The van der Waals surface area contributed by atoms with Gasteiger partial charge in [-0.3, -0.25) is 4.79 Å². The fourth-order valence-electron chi connectivity index (χ4n) is 1.53. The number of halogens is 3. The Kier molecular flexibility index (Phi) is 5.40. The molecule has 0 saturated carbocycles. The number of rotatable bonds is 5. The number of ether oxygens (including phenoxy) is 2. The lowest BCUT2D eigenvalue weighted by Crippen LogP contribution is -2.46. The average Bonchev–Trinajstić information content (AvgIpc) is 2.43. The summed E-state index contributed by atoms with van der Waals surface area (Å²) in [7, 11) is 1.25. The van der Waals surface area contributed by atoms with E-state index in [0.717, 1.165) is 0 Å². The molecule has 0 spiro atoms. The number of esters is 1. The molecule has 122 valence electrons. The molecule has 1 N–H and O–H groups in total. The molecule has 0 bridgehead atoms. The predicted octanol–water partition coefficient (Wildman–Crippen LogP) is 2.31. The van der Waals surface area contributed by atoms with Gasteiger partial charge in [0.2, 0.25) is 0 Å². The summed E-state index contributed by atoms with van der Waals surface area (Å²) in [5.41, 5.74) is -0.744. The number of benzene rings is 1. The molecule has 1 aromatic rings. The quantitative estimate of drug-likeness (QED) is 0.846. The Morgan fingerprint density at radius 2 is 1.68 bits per heavy atom. The first-order valence-corrected chi connectivity index (χ1v) is 6.27. The number of nitrogens with one attached hydrogen (secondary N) is 1. The maximum Gasteiger partial charge on any atom is 0.471 e. The lowest BCUT2D eigenvalue weighted by Gasteiger charge is -2.27. The van der Waals surface area contributed by atoms with Crippen molar-refractivity contribution in [1.82, 2.24) is 5.32 Å². The van der Waals surface area contributed by atoms with Crippen LogP contribution in [0.25, 0.3) is 0 Å². The summed E-state index contributed by atoms with van der Waals surface area (Å²) in [6.45, 7) is 2.72. The minimum atomic E-state index is -4.93. The van der Waals surface area contributed by atoms with Crippen molar-refractivity contribution < 1.29 is 32.2 Å². The third kappa shape index (κ3) is 5.27. The van der Waals surface area contributed by atoms with E-state index in [1.807, 2.05) is 0 Å². The summed E-state index contributed by atoms with van der Waals surface area (Å²) in [4.78, 5) is 22.0. The first-order chi connectivity index (χ1) is 10.0. The van der Waals surface area contributed by atoms with Gasteiger partial charge in [0.25, 0.3) is 0 Å². The summed E-state index contributed by atoms with van der Waals surface area (Å²) in [5.74, 6) is -2.19. The number of hydrogen-bond donors (Lipinski definition) is 1. The molecule has 0 fully saturated rings. The van der Waals surface area contributed by atoms with E-state index in [2.05, 4.69) is 4.74 Å². The Morgan fingerprint density at radius 1 is 1.14 bits per heavy atom. The smallest absolute Gasteiger partial charge is 0.471 e. The number of hydrogen-bond acceptors (Lipinski definition) is 4. The molecular weight excluding hydrogens is 303 g/mol. The molecule has 0 atom stereocenters. The van der Waals surface area contributed by atoms with Crippen molar-refractivity contribution in [3.8, 4) is 5.75 Å². The standard InChI is InChI=1S/C14H16F3NO4/c1-13(2,8-18-12(20)14(15,16)17)22-10-6-4-9(5-7-10)11(19)21-3/h4-7H,8H2,1-3H3,(H,18,20). The van der Waals surface area contributed by atoms with E-state index in [-0.39, 0.29) is 6.54 Å². The topological polar surface area (TPSA) is 64.6 Å². The first kappa shape index (κ1) is 17.8. The molecule has 1 aromatic carbocycles. The van der Waals surface area contributed by atoms with E-state index in [4.69, 9.17) is 4.74 Å². The van der Waals surface area contributed by atoms with Crippen LogP contribution in [0.15, 0.2) is 24.3 Å². The van der Waals surface area contributed by atoms with Gasteiger partial charge in [-0.2, -0.15) is 13.2 Å². The van der Waals surface area contributed by atoms with Gasteiger partial charge in [0, 0.05) is 0 Å². The van der Waals surface area contributed by atoms with Crippen molar-refractivity contribution in [2.75, 3.05) is 13.7 Å². The van der Waals surface area contributed by atoms with E-state index >= 15 is 0 Å². The molecule has 0 aliphatic rings. The fraction of sp³-hybridized carbons (Fsp3) is 0.429. The molecule has 0 saturated heterocycles. The fourth-order valence-corrected chi connectivity index (χ4v) is 1.53. The summed E-state index contributed by atoms with van der Waals surface area (Å²) >= 11 is 0. The Hall–Kier alpha value is -2.25. The van der Waals surface area contributed by atoms with Crippen LogP contribution in [0, 0.1) is 0 Å². The largest absolute Gasteiger partial charge is 0.486 e. The van der Waals surface area contributed by atoms with Crippen molar-refractivity contribution >= 4 is 11.9 Å². The zero-order chi connectivity index (χ0) is 17.0. The molecule has 0 aromatic heterocycles. The van der Waals surface area contributed by atoms with Gasteiger partial charge >= 0.3 is 18.1 Å². The SMILES string of the molecule is COC(=O)c1ccc(OC(C)(C)CNC(=O)C(F)(F)F)cc1.